The van der Waals surface area contributed by atoms with Gasteiger partial charge in [0, 0.05) is 62.3 Å². The number of likely N-dealkylation sites (N-methyl/N-ethyl adjacent to an activating group) is 1. The monoisotopic (exact) mass is 516 g/mol. The fraction of sp³-hybridized carbons (Fsp3) is 0.345. The third-order valence-electron chi connectivity index (χ3n) is 7.81. The molecule has 0 atom stereocenters. The average Bonchev–Trinajstić information content (AvgIpc) is 3.60. The molecule has 0 aliphatic carbocycles. The van der Waals surface area contributed by atoms with Gasteiger partial charge in [-0.15, -0.1) is 0 Å². The highest BCUT2D eigenvalue weighted by Crippen LogP contribution is 2.43. The zero-order chi connectivity index (χ0) is 26.6. The minimum Gasteiger partial charge on any atom is -0.492 e. The van der Waals surface area contributed by atoms with Crippen LogP contribution in [0.15, 0.2) is 42.6 Å². The Morgan fingerprint density at radius 2 is 1.82 bits per heavy atom. The molecule has 0 bridgehead atoms. The highest BCUT2D eigenvalue weighted by Gasteiger charge is 2.38. The lowest BCUT2D eigenvalue weighted by Crippen LogP contribution is -2.41. The summed E-state index contributed by atoms with van der Waals surface area (Å²) >= 11 is 0. The molecule has 1 saturated heterocycles. The average molecular weight is 517 g/mol. The number of aromatic nitrogens is 1. The number of likely N-dealkylation sites (tertiary alicyclic amines) is 1. The van der Waals surface area contributed by atoms with Gasteiger partial charge in [-0.1, -0.05) is 24.3 Å². The van der Waals surface area contributed by atoms with Crippen molar-refractivity contribution in [1.82, 2.24) is 19.7 Å². The number of carbonyl (C=O) groups excluding carboxylic acids is 3. The zero-order valence-electron chi connectivity index (χ0n) is 21.4. The number of ether oxygens (including phenoxy) is 1. The maximum Gasteiger partial charge on any atom is 0.259 e. The summed E-state index contributed by atoms with van der Waals surface area (Å²) in [7, 11) is 3.52. The van der Waals surface area contributed by atoms with E-state index >= 15 is 4.39 Å². The van der Waals surface area contributed by atoms with Crippen molar-refractivity contribution in [2.45, 2.75) is 25.3 Å². The number of amides is 3. The van der Waals surface area contributed by atoms with Crippen molar-refractivity contribution in [3.05, 3.63) is 65.1 Å². The zero-order valence-corrected chi connectivity index (χ0v) is 21.4. The summed E-state index contributed by atoms with van der Waals surface area (Å²) in [6.07, 6.45) is 4.22. The van der Waals surface area contributed by atoms with Crippen molar-refractivity contribution in [1.29, 1.82) is 0 Å². The Balaban J connectivity index is 1.43. The molecule has 3 amide bonds. The Morgan fingerprint density at radius 1 is 1.08 bits per heavy atom. The van der Waals surface area contributed by atoms with Gasteiger partial charge in [0.05, 0.1) is 29.9 Å². The first-order valence-electron chi connectivity index (χ1n) is 12.9. The van der Waals surface area contributed by atoms with Gasteiger partial charge in [-0.2, -0.15) is 0 Å². The van der Waals surface area contributed by atoms with Crippen LogP contribution >= 0.6 is 0 Å². The minimum atomic E-state index is -0.622. The number of benzene rings is 2. The number of hydrogen-bond donors (Lipinski definition) is 1. The third kappa shape index (κ3) is 3.98. The molecule has 1 fully saturated rings. The normalized spacial score (nSPS) is 18.2. The van der Waals surface area contributed by atoms with Gasteiger partial charge in [-0.3, -0.25) is 24.6 Å². The predicted molar refractivity (Wildman–Crippen MR) is 141 cm³/mol. The van der Waals surface area contributed by atoms with Crippen molar-refractivity contribution < 1.29 is 23.5 Å². The molecule has 0 spiro atoms. The van der Waals surface area contributed by atoms with Crippen LogP contribution in [0.2, 0.25) is 0 Å². The van der Waals surface area contributed by atoms with Crippen molar-refractivity contribution in [3.63, 3.8) is 0 Å². The molecule has 196 valence electrons. The SMILES string of the molecule is CN(C)C(=O)CN1CCC(n2cc(C3=C(c4c(F)ccc5c4OCC5)C(=O)NC3=O)c3ccccc32)CC1. The molecule has 3 aliphatic heterocycles. The molecule has 9 heteroatoms. The van der Waals surface area contributed by atoms with E-state index in [-0.39, 0.29) is 28.7 Å². The molecule has 6 rings (SSSR count). The number of para-hydroxylation sites is 1. The van der Waals surface area contributed by atoms with Crippen LogP contribution in [0.1, 0.15) is 35.6 Å². The van der Waals surface area contributed by atoms with Crippen LogP contribution in [0.25, 0.3) is 22.0 Å². The van der Waals surface area contributed by atoms with Gasteiger partial charge in [0.15, 0.2) is 0 Å². The Morgan fingerprint density at radius 3 is 2.58 bits per heavy atom. The van der Waals surface area contributed by atoms with Crippen LogP contribution in [0, 0.1) is 5.82 Å². The van der Waals surface area contributed by atoms with E-state index in [1.807, 2.05) is 30.5 Å². The summed E-state index contributed by atoms with van der Waals surface area (Å²) in [5, 5.41) is 3.22. The van der Waals surface area contributed by atoms with Gasteiger partial charge in [0.2, 0.25) is 5.91 Å². The minimum absolute atomic E-state index is 0.0196. The lowest BCUT2D eigenvalue weighted by atomic mass is 9.93. The molecule has 4 heterocycles. The van der Waals surface area contributed by atoms with E-state index in [1.165, 1.54) is 6.07 Å². The lowest BCUT2D eigenvalue weighted by Gasteiger charge is -2.33. The Hall–Kier alpha value is -3.98. The quantitative estimate of drug-likeness (QED) is 0.528. The second-order valence-electron chi connectivity index (χ2n) is 10.3. The van der Waals surface area contributed by atoms with Crippen LogP contribution < -0.4 is 10.1 Å². The fourth-order valence-electron chi connectivity index (χ4n) is 5.80. The Bertz CT molecular complexity index is 1510. The summed E-state index contributed by atoms with van der Waals surface area (Å²) in [5.41, 5.74) is 2.60. The number of rotatable bonds is 5. The standard InChI is InChI=1S/C29H29FN4O4/c1-32(2)23(35)16-33-12-9-18(10-13-33)34-15-20(19-5-3-4-6-22(19)34)24-26(29(37)31-28(24)36)25-21(30)8-7-17-11-14-38-27(17)25/h3-8,15,18H,9-14,16H2,1-2H3,(H,31,36,37). The summed E-state index contributed by atoms with van der Waals surface area (Å²) in [5.74, 6) is -1.34. The molecule has 2 aromatic carbocycles. The summed E-state index contributed by atoms with van der Waals surface area (Å²) in [6, 6.07) is 10.9. The molecule has 1 aromatic heterocycles. The second-order valence-corrected chi connectivity index (χ2v) is 10.3. The number of halogens is 1. The maximum absolute atomic E-state index is 15.2. The van der Waals surface area contributed by atoms with E-state index in [0.717, 1.165) is 42.4 Å². The van der Waals surface area contributed by atoms with Gasteiger partial charge in [0.25, 0.3) is 11.8 Å². The van der Waals surface area contributed by atoms with E-state index in [4.69, 9.17) is 4.74 Å². The van der Waals surface area contributed by atoms with Crippen molar-refractivity contribution in [2.24, 2.45) is 0 Å². The molecule has 3 aromatic rings. The van der Waals surface area contributed by atoms with E-state index in [9.17, 15) is 14.4 Å². The molecule has 0 unspecified atom stereocenters. The first-order valence-corrected chi connectivity index (χ1v) is 12.9. The van der Waals surface area contributed by atoms with Gasteiger partial charge >= 0.3 is 0 Å². The van der Waals surface area contributed by atoms with Crippen LogP contribution in [0.4, 0.5) is 4.39 Å². The van der Waals surface area contributed by atoms with Crippen LogP contribution in [-0.2, 0) is 20.8 Å². The maximum atomic E-state index is 15.2. The van der Waals surface area contributed by atoms with Gasteiger partial charge < -0.3 is 14.2 Å². The predicted octanol–water partition coefficient (Wildman–Crippen LogP) is 3.01. The van der Waals surface area contributed by atoms with Crippen molar-refractivity contribution >= 4 is 39.8 Å². The first kappa shape index (κ1) is 24.4. The number of hydrogen-bond acceptors (Lipinski definition) is 5. The molecule has 3 aliphatic rings. The van der Waals surface area contributed by atoms with Gasteiger partial charge in [-0.25, -0.2) is 4.39 Å². The number of fused-ring (bicyclic) bond motifs is 2. The Kier molecular flexibility index (Phi) is 6.03. The highest BCUT2D eigenvalue weighted by atomic mass is 19.1. The number of nitrogens with one attached hydrogen (secondary N) is 1. The lowest BCUT2D eigenvalue weighted by molar-refractivity contribution is -0.130. The van der Waals surface area contributed by atoms with E-state index in [2.05, 4.69) is 14.8 Å². The summed E-state index contributed by atoms with van der Waals surface area (Å²) in [6.45, 7) is 2.35. The van der Waals surface area contributed by atoms with Crippen LogP contribution in [0.5, 0.6) is 5.75 Å². The van der Waals surface area contributed by atoms with Crippen LogP contribution in [-0.4, -0.2) is 72.4 Å². The van der Waals surface area contributed by atoms with E-state index in [0.29, 0.717) is 30.9 Å². The molecular formula is C29H29FN4O4. The van der Waals surface area contributed by atoms with E-state index in [1.54, 1.807) is 25.1 Å². The van der Waals surface area contributed by atoms with E-state index < -0.39 is 17.6 Å². The highest BCUT2D eigenvalue weighted by molar-refractivity contribution is 6.50. The van der Waals surface area contributed by atoms with Crippen molar-refractivity contribution in [2.75, 3.05) is 40.3 Å². The number of imide groups is 1. The van der Waals surface area contributed by atoms with Crippen molar-refractivity contribution in [3.8, 4) is 5.75 Å². The largest absolute Gasteiger partial charge is 0.492 e. The molecular weight excluding hydrogens is 487 g/mol. The third-order valence-corrected chi connectivity index (χ3v) is 7.81. The number of nitrogens with zero attached hydrogens (tertiary/aromatic N) is 3. The number of piperidine rings is 1. The molecule has 8 nitrogen and oxygen atoms in total. The number of carbonyl (C=O) groups is 3. The summed E-state index contributed by atoms with van der Waals surface area (Å²) < 4.78 is 23.1. The van der Waals surface area contributed by atoms with Gasteiger partial charge in [0.1, 0.15) is 11.6 Å². The van der Waals surface area contributed by atoms with Crippen LogP contribution in [0.3, 0.4) is 0 Å². The topological polar surface area (TPSA) is 83.9 Å². The smallest absolute Gasteiger partial charge is 0.259 e. The molecule has 0 saturated carbocycles. The molecule has 38 heavy (non-hydrogen) atoms. The fourth-order valence-corrected chi connectivity index (χ4v) is 5.80. The summed E-state index contributed by atoms with van der Waals surface area (Å²) in [4.78, 5) is 42.2. The second kappa shape index (κ2) is 9.40. The first-order chi connectivity index (χ1) is 18.3. The molecule has 0 radical (unpaired) electrons. The molecule has 1 N–H and O–H groups in total. The van der Waals surface area contributed by atoms with Gasteiger partial charge in [-0.05, 0) is 30.5 Å². The Labute approximate surface area is 219 Å².